The number of hydrogen-bond acceptors (Lipinski definition) is 4. The molecule has 0 atom stereocenters. The molecule has 0 bridgehead atoms. The highest BCUT2D eigenvalue weighted by molar-refractivity contribution is 8.01. The van der Waals surface area contributed by atoms with Crippen molar-refractivity contribution >= 4 is 29.1 Å². The zero-order valence-electron chi connectivity index (χ0n) is 10.7. The van der Waals surface area contributed by atoms with E-state index in [1.165, 1.54) is 16.6 Å². The maximum absolute atomic E-state index is 10.5. The number of carboxylic acids is 1. The van der Waals surface area contributed by atoms with Gasteiger partial charge in [0.15, 0.2) is 4.34 Å². The molecule has 0 aromatic carbocycles. The van der Waals surface area contributed by atoms with E-state index in [-0.39, 0.29) is 5.75 Å². The molecular formula is C12H19NO2S2. The van der Waals surface area contributed by atoms with Crippen molar-refractivity contribution in [2.45, 2.75) is 44.4 Å². The van der Waals surface area contributed by atoms with Crippen LogP contribution in [0.1, 0.15) is 44.2 Å². The van der Waals surface area contributed by atoms with Gasteiger partial charge in [0.1, 0.15) is 0 Å². The lowest BCUT2D eigenvalue weighted by atomic mass is 10.0. The maximum Gasteiger partial charge on any atom is 0.313 e. The summed E-state index contributed by atoms with van der Waals surface area (Å²) in [6, 6.07) is 0. The molecule has 1 aromatic heterocycles. The summed E-state index contributed by atoms with van der Waals surface area (Å²) in [5, 5.41) is 8.66. The molecule has 1 aromatic rings. The molecule has 5 heteroatoms. The first-order valence-electron chi connectivity index (χ1n) is 5.74. The van der Waals surface area contributed by atoms with Gasteiger partial charge in [-0.15, -0.1) is 11.3 Å². The van der Waals surface area contributed by atoms with E-state index in [1.54, 1.807) is 11.3 Å². The van der Waals surface area contributed by atoms with Crippen LogP contribution in [-0.2, 0) is 11.2 Å². The van der Waals surface area contributed by atoms with Crippen molar-refractivity contribution in [3.05, 3.63) is 10.6 Å². The minimum absolute atomic E-state index is 0.0895. The van der Waals surface area contributed by atoms with E-state index < -0.39 is 5.97 Å². The number of nitrogens with zero attached hydrogens (tertiary/aromatic N) is 1. The smallest absolute Gasteiger partial charge is 0.313 e. The van der Waals surface area contributed by atoms with Crippen LogP contribution in [0.3, 0.4) is 0 Å². The molecule has 1 N–H and O–H groups in total. The van der Waals surface area contributed by atoms with Crippen LogP contribution in [0.4, 0.5) is 0 Å². The molecule has 17 heavy (non-hydrogen) atoms. The Balaban J connectivity index is 2.83. The van der Waals surface area contributed by atoms with Crippen molar-refractivity contribution < 1.29 is 9.90 Å². The Labute approximate surface area is 111 Å². The first-order chi connectivity index (χ1) is 7.90. The van der Waals surface area contributed by atoms with Crippen LogP contribution in [0.15, 0.2) is 4.34 Å². The van der Waals surface area contributed by atoms with Crippen LogP contribution in [0, 0.1) is 5.92 Å². The van der Waals surface area contributed by atoms with Crippen LogP contribution in [0.25, 0.3) is 0 Å². The minimum Gasteiger partial charge on any atom is -0.481 e. The second kappa shape index (κ2) is 6.40. The molecule has 0 saturated carbocycles. The summed E-state index contributed by atoms with van der Waals surface area (Å²) in [5.41, 5.74) is 1.15. The van der Waals surface area contributed by atoms with Gasteiger partial charge in [0, 0.05) is 4.88 Å². The number of aliphatic carboxylic acids is 1. The number of hydrogen-bond donors (Lipinski definition) is 1. The summed E-state index contributed by atoms with van der Waals surface area (Å²) in [6.07, 6.45) is 0.970. The molecule has 3 nitrogen and oxygen atoms in total. The number of rotatable bonds is 6. The van der Waals surface area contributed by atoms with E-state index in [4.69, 9.17) is 5.11 Å². The lowest BCUT2D eigenvalue weighted by molar-refractivity contribution is -0.133. The van der Waals surface area contributed by atoms with E-state index in [9.17, 15) is 4.79 Å². The fourth-order valence-electron chi connectivity index (χ4n) is 1.51. The summed E-state index contributed by atoms with van der Waals surface area (Å²) < 4.78 is 0.881. The first kappa shape index (κ1) is 14.5. The largest absolute Gasteiger partial charge is 0.481 e. The normalized spacial score (nSPS) is 11.4. The fourth-order valence-corrected chi connectivity index (χ4v) is 3.44. The molecule has 0 radical (unpaired) electrons. The zero-order valence-corrected chi connectivity index (χ0v) is 12.3. The number of aromatic nitrogens is 1. The van der Waals surface area contributed by atoms with Gasteiger partial charge in [-0.05, 0) is 18.3 Å². The Bertz CT molecular complexity index is 386. The summed E-state index contributed by atoms with van der Waals surface area (Å²) in [7, 11) is 0. The molecule has 96 valence electrons. The van der Waals surface area contributed by atoms with Crippen LogP contribution >= 0.6 is 23.1 Å². The molecule has 1 rings (SSSR count). The van der Waals surface area contributed by atoms with E-state index in [2.05, 4.69) is 32.7 Å². The Kier molecular flexibility index (Phi) is 5.46. The maximum atomic E-state index is 10.5. The molecule has 0 aliphatic carbocycles. The molecule has 0 amide bonds. The van der Waals surface area contributed by atoms with Crippen LogP contribution in [-0.4, -0.2) is 21.8 Å². The average Bonchev–Trinajstić information content (AvgIpc) is 2.57. The van der Waals surface area contributed by atoms with Gasteiger partial charge in [0.2, 0.25) is 0 Å². The molecular weight excluding hydrogens is 254 g/mol. The molecule has 0 fully saturated rings. The molecule has 0 aliphatic heterocycles. The summed E-state index contributed by atoms with van der Waals surface area (Å²) >= 11 is 2.96. The minimum atomic E-state index is -0.790. The summed E-state index contributed by atoms with van der Waals surface area (Å²) in [6.45, 7) is 8.66. The Morgan fingerprint density at radius 3 is 2.53 bits per heavy atom. The standard InChI is InChI=1S/C12H19NO2S2/c1-7(2)5-9-11(8(3)4)17-12(13-9)16-6-10(14)15/h7-8H,5-6H2,1-4H3,(H,14,15). The van der Waals surface area contributed by atoms with E-state index in [0.717, 1.165) is 16.5 Å². The van der Waals surface area contributed by atoms with E-state index in [1.807, 2.05) is 0 Å². The van der Waals surface area contributed by atoms with E-state index in [0.29, 0.717) is 11.8 Å². The molecule has 0 saturated heterocycles. The van der Waals surface area contributed by atoms with Crippen molar-refractivity contribution in [1.82, 2.24) is 4.98 Å². The third kappa shape index (κ3) is 4.68. The Morgan fingerprint density at radius 1 is 1.41 bits per heavy atom. The quantitative estimate of drug-likeness (QED) is 0.804. The lowest BCUT2D eigenvalue weighted by Gasteiger charge is -2.06. The van der Waals surface area contributed by atoms with Gasteiger partial charge in [0.05, 0.1) is 11.4 Å². The number of thiazole rings is 1. The molecule has 1 heterocycles. The molecule has 0 unspecified atom stereocenters. The zero-order chi connectivity index (χ0) is 13.0. The Hall–Kier alpha value is -0.550. The van der Waals surface area contributed by atoms with Crippen molar-refractivity contribution in [2.24, 2.45) is 5.92 Å². The SMILES string of the molecule is CC(C)Cc1nc(SCC(=O)O)sc1C(C)C. The first-order valence-corrected chi connectivity index (χ1v) is 7.54. The fraction of sp³-hybridized carbons (Fsp3) is 0.667. The van der Waals surface area contributed by atoms with Crippen LogP contribution in [0.2, 0.25) is 0 Å². The van der Waals surface area contributed by atoms with Gasteiger partial charge in [0.25, 0.3) is 0 Å². The summed E-state index contributed by atoms with van der Waals surface area (Å²) in [4.78, 5) is 16.4. The second-order valence-electron chi connectivity index (χ2n) is 4.73. The predicted octanol–water partition coefficient (Wildman–Crippen LogP) is 3.64. The van der Waals surface area contributed by atoms with Crippen molar-refractivity contribution in [1.29, 1.82) is 0 Å². The van der Waals surface area contributed by atoms with Gasteiger partial charge in [-0.25, -0.2) is 4.98 Å². The van der Waals surface area contributed by atoms with Crippen molar-refractivity contribution in [2.75, 3.05) is 5.75 Å². The van der Waals surface area contributed by atoms with Gasteiger partial charge in [-0.1, -0.05) is 39.5 Å². The highest BCUT2D eigenvalue weighted by Crippen LogP contribution is 2.33. The van der Waals surface area contributed by atoms with Gasteiger partial charge in [-0.3, -0.25) is 4.79 Å². The lowest BCUT2D eigenvalue weighted by Crippen LogP contribution is -1.99. The van der Waals surface area contributed by atoms with E-state index >= 15 is 0 Å². The molecule has 0 spiro atoms. The van der Waals surface area contributed by atoms with Crippen molar-refractivity contribution in [3.63, 3.8) is 0 Å². The second-order valence-corrected chi connectivity index (χ2v) is 6.98. The highest BCUT2D eigenvalue weighted by atomic mass is 32.2. The summed E-state index contributed by atoms with van der Waals surface area (Å²) in [5.74, 6) is 0.334. The van der Waals surface area contributed by atoms with Gasteiger partial charge >= 0.3 is 5.97 Å². The topological polar surface area (TPSA) is 50.2 Å². The number of carbonyl (C=O) groups is 1. The molecule has 0 aliphatic rings. The van der Waals surface area contributed by atoms with Crippen LogP contribution in [0.5, 0.6) is 0 Å². The third-order valence-electron chi connectivity index (χ3n) is 2.15. The van der Waals surface area contributed by atoms with Crippen molar-refractivity contribution in [3.8, 4) is 0 Å². The number of carboxylic acid groups (broad SMARTS) is 1. The third-order valence-corrected chi connectivity index (χ3v) is 4.68. The number of thioether (sulfide) groups is 1. The van der Waals surface area contributed by atoms with Gasteiger partial charge < -0.3 is 5.11 Å². The van der Waals surface area contributed by atoms with Crippen LogP contribution < -0.4 is 0 Å². The van der Waals surface area contributed by atoms with Gasteiger partial charge in [-0.2, -0.15) is 0 Å². The Morgan fingerprint density at radius 2 is 2.06 bits per heavy atom. The predicted molar refractivity (Wildman–Crippen MR) is 73.1 cm³/mol. The average molecular weight is 273 g/mol. The monoisotopic (exact) mass is 273 g/mol. The highest BCUT2D eigenvalue weighted by Gasteiger charge is 2.16.